The van der Waals surface area contributed by atoms with E-state index in [9.17, 15) is 4.79 Å². The number of carbonyl (C=O) groups is 1. The number of carbonyl (C=O) groups excluding carboxylic acids is 1. The molecule has 56 heavy (non-hydrogen) atoms. The Morgan fingerprint density at radius 2 is 0.982 bits per heavy atom. The van der Waals surface area contributed by atoms with Crippen molar-refractivity contribution in [1.29, 1.82) is 0 Å². The van der Waals surface area contributed by atoms with Crippen molar-refractivity contribution in [2.24, 2.45) is 0 Å². The van der Waals surface area contributed by atoms with Crippen molar-refractivity contribution in [2.75, 3.05) is 24.3 Å². The van der Waals surface area contributed by atoms with Gasteiger partial charge in [0.05, 0.1) is 29.6 Å². The van der Waals surface area contributed by atoms with E-state index >= 15 is 0 Å². The zero-order valence-corrected chi connectivity index (χ0v) is 30.8. The molecular formula is C51H38N4O. The highest BCUT2D eigenvalue weighted by Gasteiger charge is 2.17. The van der Waals surface area contributed by atoms with Crippen molar-refractivity contribution < 1.29 is 11.6 Å². The van der Waals surface area contributed by atoms with E-state index in [0.717, 1.165) is 78.3 Å². The number of fused-ring (bicyclic) bond motifs is 2. The van der Waals surface area contributed by atoms with Gasteiger partial charge < -0.3 is 10.2 Å². The first-order valence-corrected chi connectivity index (χ1v) is 18.3. The minimum absolute atomic E-state index is 0.0235. The number of nitrogens with one attached hydrogen (secondary N) is 1. The summed E-state index contributed by atoms with van der Waals surface area (Å²) in [6.07, 6.45) is 0.767. The lowest BCUT2D eigenvalue weighted by atomic mass is 9.86. The molecule has 0 aliphatic carbocycles. The van der Waals surface area contributed by atoms with Gasteiger partial charge in [0.2, 0.25) is 6.41 Å². The third-order valence-electron chi connectivity index (χ3n) is 10.2. The largest absolute Gasteiger partial charge is 0.386 e. The second-order valence-corrected chi connectivity index (χ2v) is 13.5. The molecule has 9 aromatic rings. The fourth-order valence-corrected chi connectivity index (χ4v) is 7.48. The number of aromatic nitrogens is 2. The summed E-state index contributed by atoms with van der Waals surface area (Å²) in [7, 11) is 3.51. The number of nitrogens with zero attached hydrogens (tertiary/aromatic N) is 3. The highest BCUT2D eigenvalue weighted by atomic mass is 16.1. The smallest absolute Gasteiger partial charge is 0.213 e. The number of anilines is 2. The quantitative estimate of drug-likeness (QED) is 0.119. The Labute approximate surface area is 333 Å². The van der Waals surface area contributed by atoms with Gasteiger partial charge in [-0.3, -0.25) is 4.79 Å². The molecule has 9 rings (SSSR count). The summed E-state index contributed by atoms with van der Waals surface area (Å²) in [5, 5.41) is 7.71. The maximum absolute atomic E-state index is 11.6. The molecule has 0 aliphatic heterocycles. The molecule has 0 saturated carbocycles. The Balaban J connectivity index is 1.18. The Bertz CT molecular complexity index is 3070. The van der Waals surface area contributed by atoms with E-state index in [0.29, 0.717) is 11.4 Å². The minimum atomic E-state index is -0.483. The average Bonchev–Trinajstić information content (AvgIpc) is 3.31. The number of hydrogen-bond donors (Lipinski definition) is 1. The van der Waals surface area contributed by atoms with E-state index < -0.39 is 18.1 Å². The molecule has 5 heteroatoms. The van der Waals surface area contributed by atoms with Crippen LogP contribution in [0.3, 0.4) is 0 Å². The SMILES string of the molecule is [2H]c1c([2H])c([2H])c(-c2nc(-c3ccc(-c4ccc(NC)c(N(C)C=O)c4)cc3)cc(-c3ccc(-c4c5ccccc5c(-c5ccccc5)c5ccccc45)cc3)n2)c([2H])c1[2H]. The van der Waals surface area contributed by atoms with Crippen LogP contribution in [0.4, 0.5) is 11.4 Å². The van der Waals surface area contributed by atoms with Gasteiger partial charge in [-0.1, -0.05) is 164 Å². The van der Waals surface area contributed by atoms with Gasteiger partial charge >= 0.3 is 0 Å². The molecule has 5 nitrogen and oxygen atoms in total. The predicted molar refractivity (Wildman–Crippen MR) is 234 cm³/mol. The summed E-state index contributed by atoms with van der Waals surface area (Å²) in [5.74, 6) is 0.0235. The highest BCUT2D eigenvalue weighted by Crippen LogP contribution is 2.44. The molecule has 1 heterocycles. The van der Waals surface area contributed by atoms with Gasteiger partial charge in [-0.05, 0) is 73.1 Å². The van der Waals surface area contributed by atoms with Crippen LogP contribution in [0.2, 0.25) is 0 Å². The Morgan fingerprint density at radius 1 is 0.518 bits per heavy atom. The van der Waals surface area contributed by atoms with Gasteiger partial charge in [0.15, 0.2) is 5.82 Å². The van der Waals surface area contributed by atoms with E-state index in [1.807, 2.05) is 73.8 Å². The van der Waals surface area contributed by atoms with Crippen molar-refractivity contribution in [1.82, 2.24) is 9.97 Å². The van der Waals surface area contributed by atoms with Crippen LogP contribution in [0.25, 0.3) is 88.8 Å². The normalized spacial score (nSPS) is 12.4. The van der Waals surface area contributed by atoms with Crippen LogP contribution in [-0.4, -0.2) is 30.5 Å². The molecule has 0 radical (unpaired) electrons. The van der Waals surface area contributed by atoms with Crippen molar-refractivity contribution in [3.63, 3.8) is 0 Å². The fraction of sp³-hybridized carbons (Fsp3) is 0.0392. The van der Waals surface area contributed by atoms with Gasteiger partial charge in [0.25, 0.3) is 0 Å². The molecule has 268 valence electrons. The molecule has 0 aliphatic rings. The third-order valence-corrected chi connectivity index (χ3v) is 10.2. The zero-order valence-electron chi connectivity index (χ0n) is 35.8. The van der Waals surface area contributed by atoms with Crippen molar-refractivity contribution in [3.8, 4) is 67.3 Å². The Morgan fingerprint density at radius 3 is 1.50 bits per heavy atom. The number of benzene rings is 8. The molecule has 8 aromatic carbocycles. The van der Waals surface area contributed by atoms with Gasteiger partial charge in [-0.2, -0.15) is 0 Å². The van der Waals surface area contributed by atoms with Crippen LogP contribution in [0, 0.1) is 0 Å². The molecule has 0 fully saturated rings. The lowest BCUT2D eigenvalue weighted by molar-refractivity contribution is -0.107. The van der Waals surface area contributed by atoms with Gasteiger partial charge in [-0.25, -0.2) is 9.97 Å². The Kier molecular flexibility index (Phi) is 7.68. The average molecular weight is 728 g/mol. The van der Waals surface area contributed by atoms with E-state index in [-0.39, 0.29) is 23.5 Å². The molecule has 1 aromatic heterocycles. The molecule has 0 saturated heterocycles. The predicted octanol–water partition coefficient (Wildman–Crippen LogP) is 12.4. The summed E-state index contributed by atoms with van der Waals surface area (Å²) in [4.78, 5) is 22.9. The second kappa shape index (κ2) is 14.8. The van der Waals surface area contributed by atoms with Gasteiger partial charge in [-0.15, -0.1) is 0 Å². The molecule has 0 spiro atoms. The molecule has 1 amide bonds. The lowest BCUT2D eigenvalue weighted by Gasteiger charge is -2.18. The standard InChI is InChI=1S/C51H38N4O/c1-52-45-30-29-40(31-48(45)55(2)33-56)34-21-23-35(24-22-34)46-32-47(54-51(53-46)39-15-7-4-8-16-39)36-25-27-38(28-26-36)50-43-19-11-9-17-41(43)49(37-13-5-3-6-14-37)42-18-10-12-20-44(42)50/h3-33,52H,1-2H3/i4D,7D,8D,15D,16D. The second-order valence-electron chi connectivity index (χ2n) is 13.5. The summed E-state index contributed by atoms with van der Waals surface area (Å²) in [5.41, 5.74) is 10.3. The van der Waals surface area contributed by atoms with Crippen LogP contribution in [0.5, 0.6) is 0 Å². The van der Waals surface area contributed by atoms with Gasteiger partial charge in [0, 0.05) is 30.8 Å². The molecule has 0 unspecified atom stereocenters. The number of hydrogen-bond acceptors (Lipinski definition) is 4. The van der Waals surface area contributed by atoms with Crippen molar-refractivity contribution >= 4 is 39.3 Å². The number of rotatable bonds is 9. The summed E-state index contributed by atoms with van der Waals surface area (Å²) in [6, 6.07) is 49.0. The van der Waals surface area contributed by atoms with Gasteiger partial charge in [0.1, 0.15) is 0 Å². The first kappa shape index (κ1) is 29.0. The highest BCUT2D eigenvalue weighted by molar-refractivity contribution is 6.21. The fourth-order valence-electron chi connectivity index (χ4n) is 7.48. The third kappa shape index (κ3) is 6.35. The topological polar surface area (TPSA) is 58.1 Å². The summed E-state index contributed by atoms with van der Waals surface area (Å²) in [6.45, 7) is 0. The monoisotopic (exact) mass is 727 g/mol. The summed E-state index contributed by atoms with van der Waals surface area (Å²) < 4.78 is 42.6. The maximum Gasteiger partial charge on any atom is 0.213 e. The van der Waals surface area contributed by atoms with Crippen molar-refractivity contribution in [2.45, 2.75) is 0 Å². The minimum Gasteiger partial charge on any atom is -0.386 e. The van der Waals surface area contributed by atoms with Crippen LogP contribution < -0.4 is 10.2 Å². The molecule has 1 N–H and O–H groups in total. The molecule has 0 atom stereocenters. The zero-order chi connectivity index (χ0) is 42.4. The summed E-state index contributed by atoms with van der Waals surface area (Å²) >= 11 is 0. The first-order valence-electron chi connectivity index (χ1n) is 20.8. The van der Waals surface area contributed by atoms with Crippen LogP contribution in [0.15, 0.2) is 182 Å². The van der Waals surface area contributed by atoms with E-state index in [2.05, 4.69) is 90.2 Å². The lowest BCUT2D eigenvalue weighted by Crippen LogP contribution is -2.15. The Hall–Kier alpha value is -7.37. The van der Waals surface area contributed by atoms with Crippen LogP contribution in [-0.2, 0) is 4.79 Å². The molecule has 0 bridgehead atoms. The van der Waals surface area contributed by atoms with E-state index in [1.54, 1.807) is 7.05 Å². The van der Waals surface area contributed by atoms with Crippen molar-refractivity contribution in [3.05, 3.63) is 182 Å². The maximum atomic E-state index is 11.6. The van der Waals surface area contributed by atoms with E-state index in [4.69, 9.17) is 16.8 Å². The first-order chi connectivity index (χ1) is 29.7. The number of amides is 1. The molecular weight excluding hydrogens is 685 g/mol. The van der Waals surface area contributed by atoms with Crippen LogP contribution in [0.1, 0.15) is 6.85 Å². The van der Waals surface area contributed by atoms with E-state index in [1.165, 1.54) is 10.5 Å². The van der Waals surface area contributed by atoms with Crippen LogP contribution >= 0.6 is 0 Å².